The fourth-order valence-electron chi connectivity index (χ4n) is 3.17. The Balaban J connectivity index is 1.69. The first kappa shape index (κ1) is 19.1. The van der Waals surface area contributed by atoms with Gasteiger partial charge in [-0.05, 0) is 28.5 Å². The fourth-order valence-corrected chi connectivity index (χ4v) is 5.74. The van der Waals surface area contributed by atoms with Crippen LogP contribution in [0.5, 0.6) is 0 Å². The highest BCUT2D eigenvalue weighted by Gasteiger charge is 2.32. The van der Waals surface area contributed by atoms with E-state index < -0.39 is 10.0 Å². The Morgan fingerprint density at radius 2 is 1.65 bits per heavy atom. The second kappa shape index (κ2) is 7.89. The Hall–Kier alpha value is -1.72. The van der Waals surface area contributed by atoms with Crippen molar-refractivity contribution in [2.45, 2.75) is 30.0 Å². The van der Waals surface area contributed by atoms with Crippen molar-refractivity contribution in [3.8, 4) is 6.07 Å². The molecule has 1 unspecified atom stereocenters. The van der Waals surface area contributed by atoms with Gasteiger partial charge in [0.1, 0.15) is 10.3 Å². The Kier molecular flexibility index (Phi) is 5.78. The minimum atomic E-state index is -3.41. The van der Waals surface area contributed by atoms with E-state index in [-0.39, 0.29) is 6.04 Å². The zero-order valence-electron chi connectivity index (χ0n) is 15.0. The van der Waals surface area contributed by atoms with Crippen LogP contribution in [-0.2, 0) is 10.0 Å². The normalized spacial score (nSPS) is 17.9. The molecule has 1 aromatic heterocycles. The molecular weight excluding hydrogens is 366 g/mol. The first-order chi connectivity index (χ1) is 12.4. The monoisotopic (exact) mass is 389 g/mol. The number of nitriles is 1. The lowest BCUT2D eigenvalue weighted by Gasteiger charge is -2.36. The van der Waals surface area contributed by atoms with Gasteiger partial charge in [-0.2, -0.15) is 9.57 Å². The van der Waals surface area contributed by atoms with E-state index in [1.54, 1.807) is 17.5 Å². The standard InChI is InChI=1S/C19H23N3O2S2/c1-15(2)16-5-7-17(8-6-16)18(14-20)21-9-11-22(12-10-21)26(23,24)19-4-3-13-25-19/h3-8,13,15,18H,9-12H2,1-2H3. The lowest BCUT2D eigenvalue weighted by molar-refractivity contribution is 0.163. The molecule has 0 amide bonds. The second-order valence-electron chi connectivity index (χ2n) is 6.73. The van der Waals surface area contributed by atoms with Gasteiger partial charge in [0, 0.05) is 26.2 Å². The average Bonchev–Trinajstić information content (AvgIpc) is 3.19. The van der Waals surface area contributed by atoms with Crippen LogP contribution < -0.4 is 0 Å². The molecule has 1 aromatic carbocycles. The fraction of sp³-hybridized carbons (Fsp3) is 0.421. The van der Waals surface area contributed by atoms with Crippen LogP contribution in [0.25, 0.3) is 0 Å². The van der Waals surface area contributed by atoms with Crippen LogP contribution in [0.3, 0.4) is 0 Å². The molecule has 1 atom stereocenters. The van der Waals surface area contributed by atoms with Gasteiger partial charge in [0.05, 0.1) is 6.07 Å². The van der Waals surface area contributed by atoms with Gasteiger partial charge in [-0.15, -0.1) is 11.3 Å². The molecule has 0 spiro atoms. The summed E-state index contributed by atoms with van der Waals surface area (Å²) in [4.78, 5) is 2.06. The maximum Gasteiger partial charge on any atom is 0.252 e. The molecule has 0 radical (unpaired) electrons. The quantitative estimate of drug-likeness (QED) is 0.786. The van der Waals surface area contributed by atoms with E-state index in [2.05, 4.69) is 36.9 Å². The van der Waals surface area contributed by atoms with Crippen molar-refractivity contribution in [1.29, 1.82) is 5.26 Å². The molecule has 0 saturated carbocycles. The minimum absolute atomic E-state index is 0.345. The van der Waals surface area contributed by atoms with Gasteiger partial charge in [-0.1, -0.05) is 44.2 Å². The maximum atomic E-state index is 12.6. The van der Waals surface area contributed by atoms with E-state index in [9.17, 15) is 13.7 Å². The van der Waals surface area contributed by atoms with Crippen LogP contribution in [-0.4, -0.2) is 43.8 Å². The van der Waals surface area contributed by atoms with Crippen LogP contribution in [0.1, 0.15) is 36.9 Å². The van der Waals surface area contributed by atoms with Crippen molar-refractivity contribution >= 4 is 21.4 Å². The summed E-state index contributed by atoms with van der Waals surface area (Å²) in [7, 11) is -3.41. The SMILES string of the molecule is CC(C)c1ccc(C(C#N)N2CCN(S(=O)(=O)c3cccs3)CC2)cc1. The zero-order chi connectivity index (χ0) is 18.7. The summed E-state index contributed by atoms with van der Waals surface area (Å²) in [6.45, 7) is 6.20. The van der Waals surface area contributed by atoms with E-state index in [0.717, 1.165) is 5.56 Å². The van der Waals surface area contributed by atoms with Crippen molar-refractivity contribution < 1.29 is 8.42 Å². The Morgan fingerprint density at radius 3 is 2.15 bits per heavy atom. The number of hydrogen-bond donors (Lipinski definition) is 0. The number of sulfonamides is 1. The number of hydrogen-bond acceptors (Lipinski definition) is 5. The minimum Gasteiger partial charge on any atom is -0.282 e. The summed E-state index contributed by atoms with van der Waals surface area (Å²) in [5.74, 6) is 0.454. The summed E-state index contributed by atoms with van der Waals surface area (Å²) in [6.07, 6.45) is 0. The number of rotatable bonds is 5. The topological polar surface area (TPSA) is 64.4 Å². The van der Waals surface area contributed by atoms with Crippen molar-refractivity contribution in [1.82, 2.24) is 9.21 Å². The molecule has 7 heteroatoms. The third kappa shape index (κ3) is 3.84. The maximum absolute atomic E-state index is 12.6. The molecule has 1 aliphatic rings. The largest absolute Gasteiger partial charge is 0.282 e. The van der Waals surface area contributed by atoms with Gasteiger partial charge in [0.2, 0.25) is 0 Å². The summed E-state index contributed by atoms with van der Waals surface area (Å²) < 4.78 is 27.1. The van der Waals surface area contributed by atoms with Crippen LogP contribution >= 0.6 is 11.3 Å². The molecular formula is C19H23N3O2S2. The number of nitrogens with zero attached hydrogens (tertiary/aromatic N) is 3. The van der Waals surface area contributed by atoms with Crippen LogP contribution in [0.2, 0.25) is 0 Å². The van der Waals surface area contributed by atoms with Gasteiger partial charge in [0.25, 0.3) is 10.0 Å². The smallest absolute Gasteiger partial charge is 0.252 e. The summed E-state index contributed by atoms with van der Waals surface area (Å²) in [5.41, 5.74) is 2.21. The molecule has 26 heavy (non-hydrogen) atoms. The zero-order valence-corrected chi connectivity index (χ0v) is 16.6. The van der Waals surface area contributed by atoms with Gasteiger partial charge in [-0.3, -0.25) is 4.90 Å². The first-order valence-corrected chi connectivity index (χ1v) is 11.0. The molecule has 0 N–H and O–H groups in total. The van der Waals surface area contributed by atoms with Crippen molar-refractivity contribution in [3.63, 3.8) is 0 Å². The van der Waals surface area contributed by atoms with Crippen molar-refractivity contribution in [2.75, 3.05) is 26.2 Å². The van der Waals surface area contributed by atoms with Crippen molar-refractivity contribution in [2.24, 2.45) is 0 Å². The lowest BCUT2D eigenvalue weighted by atomic mass is 9.98. The molecule has 0 bridgehead atoms. The van der Waals surface area contributed by atoms with Gasteiger partial charge in [0.15, 0.2) is 0 Å². The average molecular weight is 390 g/mol. The van der Waals surface area contributed by atoms with E-state index in [0.29, 0.717) is 36.3 Å². The third-order valence-corrected chi connectivity index (χ3v) is 8.04. The molecule has 5 nitrogen and oxygen atoms in total. The lowest BCUT2D eigenvalue weighted by Crippen LogP contribution is -2.49. The molecule has 0 aliphatic carbocycles. The predicted octanol–water partition coefficient (Wildman–Crippen LogP) is 3.44. The summed E-state index contributed by atoms with van der Waals surface area (Å²) in [6, 6.07) is 13.6. The third-order valence-electron chi connectivity index (χ3n) is 4.77. The van der Waals surface area contributed by atoms with Crippen LogP contribution in [0.15, 0.2) is 46.0 Å². The Morgan fingerprint density at radius 1 is 1.04 bits per heavy atom. The van der Waals surface area contributed by atoms with Gasteiger partial charge >= 0.3 is 0 Å². The number of benzene rings is 1. The number of thiophene rings is 1. The highest BCUT2D eigenvalue weighted by molar-refractivity contribution is 7.91. The molecule has 2 heterocycles. The van der Waals surface area contributed by atoms with E-state index >= 15 is 0 Å². The second-order valence-corrected chi connectivity index (χ2v) is 9.84. The van der Waals surface area contributed by atoms with E-state index in [1.807, 2.05) is 12.1 Å². The molecule has 1 aliphatic heterocycles. The Bertz CT molecular complexity index is 861. The number of piperazine rings is 1. The highest BCUT2D eigenvalue weighted by atomic mass is 32.2. The molecule has 1 saturated heterocycles. The van der Waals surface area contributed by atoms with Crippen LogP contribution in [0.4, 0.5) is 0 Å². The molecule has 138 valence electrons. The molecule has 2 aromatic rings. The first-order valence-electron chi connectivity index (χ1n) is 8.70. The molecule has 3 rings (SSSR count). The predicted molar refractivity (Wildman–Crippen MR) is 104 cm³/mol. The van der Waals surface area contributed by atoms with Crippen molar-refractivity contribution in [3.05, 3.63) is 52.9 Å². The summed E-state index contributed by atoms with van der Waals surface area (Å²) >= 11 is 1.24. The highest BCUT2D eigenvalue weighted by Crippen LogP contribution is 2.26. The van der Waals surface area contributed by atoms with E-state index in [1.165, 1.54) is 21.2 Å². The summed E-state index contributed by atoms with van der Waals surface area (Å²) in [5, 5.41) is 11.4. The van der Waals surface area contributed by atoms with Gasteiger partial charge in [-0.25, -0.2) is 8.42 Å². The molecule has 1 fully saturated rings. The Labute approximate surface area is 159 Å². The van der Waals surface area contributed by atoms with E-state index in [4.69, 9.17) is 0 Å². The van der Waals surface area contributed by atoms with Crippen LogP contribution in [0, 0.1) is 11.3 Å². The van der Waals surface area contributed by atoms with Gasteiger partial charge < -0.3 is 0 Å².